The zero-order valence-electron chi connectivity index (χ0n) is 10.1. The third-order valence-corrected chi connectivity index (χ3v) is 5.67. The highest BCUT2D eigenvalue weighted by Gasteiger charge is 2.20. The molecule has 2 N–H and O–H groups in total. The van der Waals surface area contributed by atoms with Crippen molar-refractivity contribution in [2.75, 3.05) is 0 Å². The van der Waals surface area contributed by atoms with Crippen LogP contribution in [0.1, 0.15) is 10.4 Å². The summed E-state index contributed by atoms with van der Waals surface area (Å²) >= 11 is 13.2. The fourth-order valence-electron chi connectivity index (χ4n) is 1.56. The first kappa shape index (κ1) is 15.8. The van der Waals surface area contributed by atoms with Gasteiger partial charge in [-0.3, -0.25) is 0 Å². The topological polar surface area (TPSA) is 66.4 Å². The number of rotatable bonds is 5. The molecule has 108 valence electrons. The van der Waals surface area contributed by atoms with Gasteiger partial charge < -0.3 is 5.11 Å². The van der Waals surface area contributed by atoms with Crippen LogP contribution in [0.3, 0.4) is 0 Å². The Morgan fingerprint density at radius 2 is 2.00 bits per heavy atom. The van der Waals surface area contributed by atoms with Gasteiger partial charge in [-0.2, -0.15) is 0 Å². The summed E-state index contributed by atoms with van der Waals surface area (Å²) in [4.78, 5) is 0.796. The highest BCUT2D eigenvalue weighted by Crippen LogP contribution is 2.28. The van der Waals surface area contributed by atoms with E-state index < -0.39 is 10.0 Å². The van der Waals surface area contributed by atoms with Gasteiger partial charge in [0.1, 0.15) is 4.90 Å². The molecular formula is C12H11Cl2NO3S2. The van der Waals surface area contributed by atoms with Crippen molar-refractivity contribution in [2.45, 2.75) is 18.0 Å². The molecule has 0 aliphatic heterocycles. The summed E-state index contributed by atoms with van der Waals surface area (Å²) in [6, 6.07) is 6.26. The summed E-state index contributed by atoms with van der Waals surface area (Å²) in [5, 5.41) is 11.3. The number of thiophene rings is 1. The van der Waals surface area contributed by atoms with Crippen molar-refractivity contribution in [1.29, 1.82) is 0 Å². The largest absolute Gasteiger partial charge is 0.392 e. The molecule has 0 fully saturated rings. The monoisotopic (exact) mass is 351 g/mol. The summed E-state index contributed by atoms with van der Waals surface area (Å²) in [6.07, 6.45) is 0. The van der Waals surface area contributed by atoms with Gasteiger partial charge in [0, 0.05) is 16.4 Å². The molecule has 0 spiro atoms. The van der Waals surface area contributed by atoms with Crippen molar-refractivity contribution in [3.63, 3.8) is 0 Å². The van der Waals surface area contributed by atoms with Gasteiger partial charge >= 0.3 is 0 Å². The average molecular weight is 352 g/mol. The first-order valence-corrected chi connectivity index (χ1v) is 8.67. The maximum absolute atomic E-state index is 12.2. The number of hydrogen-bond donors (Lipinski definition) is 2. The number of hydrogen-bond acceptors (Lipinski definition) is 4. The van der Waals surface area contributed by atoms with Crippen molar-refractivity contribution in [3.05, 3.63) is 50.1 Å². The van der Waals surface area contributed by atoms with Gasteiger partial charge in [-0.25, -0.2) is 13.1 Å². The van der Waals surface area contributed by atoms with E-state index in [9.17, 15) is 8.42 Å². The molecule has 0 unspecified atom stereocenters. The lowest BCUT2D eigenvalue weighted by Gasteiger charge is -2.10. The van der Waals surface area contributed by atoms with Crippen LogP contribution in [-0.4, -0.2) is 13.5 Å². The highest BCUT2D eigenvalue weighted by atomic mass is 35.5. The predicted molar refractivity (Wildman–Crippen MR) is 80.7 cm³/mol. The van der Waals surface area contributed by atoms with E-state index in [-0.39, 0.29) is 28.1 Å². The van der Waals surface area contributed by atoms with Gasteiger partial charge in [0.25, 0.3) is 0 Å². The molecule has 20 heavy (non-hydrogen) atoms. The van der Waals surface area contributed by atoms with Crippen molar-refractivity contribution in [3.8, 4) is 0 Å². The third-order valence-electron chi connectivity index (χ3n) is 2.58. The van der Waals surface area contributed by atoms with Crippen molar-refractivity contribution >= 4 is 44.6 Å². The zero-order valence-corrected chi connectivity index (χ0v) is 13.3. The second kappa shape index (κ2) is 6.43. The lowest BCUT2D eigenvalue weighted by molar-refractivity contribution is 0.281. The van der Waals surface area contributed by atoms with E-state index in [0.717, 1.165) is 4.88 Å². The summed E-state index contributed by atoms with van der Waals surface area (Å²) in [7, 11) is -3.76. The Bertz CT molecular complexity index is 700. The number of aliphatic hydroxyl groups is 1. The van der Waals surface area contributed by atoms with E-state index in [4.69, 9.17) is 28.3 Å². The standard InChI is InChI=1S/C12H11Cl2NO3S2/c13-10-5-11(14)12(4-8(10)7-16)20(17,18)15-6-9-2-1-3-19-9/h1-5,15-16H,6-7H2. The fraction of sp³-hybridized carbons (Fsp3) is 0.167. The molecule has 0 radical (unpaired) electrons. The maximum atomic E-state index is 12.2. The minimum Gasteiger partial charge on any atom is -0.392 e. The molecule has 2 aromatic rings. The lowest BCUT2D eigenvalue weighted by Crippen LogP contribution is -2.23. The van der Waals surface area contributed by atoms with Crippen molar-refractivity contribution in [2.24, 2.45) is 0 Å². The van der Waals surface area contributed by atoms with Crippen molar-refractivity contribution < 1.29 is 13.5 Å². The van der Waals surface area contributed by atoms with Crippen LogP contribution in [-0.2, 0) is 23.2 Å². The summed E-state index contributed by atoms with van der Waals surface area (Å²) in [5.74, 6) is 0. The van der Waals surface area contributed by atoms with Crippen LogP contribution in [0.15, 0.2) is 34.5 Å². The third kappa shape index (κ3) is 3.52. The molecular weight excluding hydrogens is 341 g/mol. The summed E-state index contributed by atoms with van der Waals surface area (Å²) < 4.78 is 26.9. The molecule has 0 saturated carbocycles. The lowest BCUT2D eigenvalue weighted by atomic mass is 10.2. The van der Waals surface area contributed by atoms with Gasteiger partial charge in [0.05, 0.1) is 11.6 Å². The minimum absolute atomic E-state index is 0.0193. The van der Waals surface area contributed by atoms with Gasteiger partial charge in [0.2, 0.25) is 10.0 Å². The Balaban J connectivity index is 2.29. The van der Waals surface area contributed by atoms with Crippen LogP contribution in [0.2, 0.25) is 10.0 Å². The average Bonchev–Trinajstić information content (AvgIpc) is 2.89. The molecule has 1 aromatic heterocycles. The second-order valence-corrected chi connectivity index (χ2v) is 7.52. The Morgan fingerprint density at radius 1 is 1.25 bits per heavy atom. The van der Waals surface area contributed by atoms with Gasteiger partial charge in [-0.15, -0.1) is 11.3 Å². The number of benzene rings is 1. The number of nitrogens with one attached hydrogen (secondary N) is 1. The van der Waals surface area contributed by atoms with E-state index in [1.165, 1.54) is 23.5 Å². The van der Waals surface area contributed by atoms with E-state index in [1.807, 2.05) is 17.5 Å². The first-order valence-electron chi connectivity index (χ1n) is 5.55. The Hall–Kier alpha value is -0.630. The van der Waals surface area contributed by atoms with Crippen LogP contribution in [0, 0.1) is 0 Å². The zero-order chi connectivity index (χ0) is 14.8. The van der Waals surface area contributed by atoms with E-state index in [0.29, 0.717) is 5.56 Å². The normalized spacial score (nSPS) is 11.8. The van der Waals surface area contributed by atoms with E-state index >= 15 is 0 Å². The molecule has 8 heteroatoms. The molecule has 0 amide bonds. The molecule has 4 nitrogen and oxygen atoms in total. The second-order valence-electron chi connectivity index (χ2n) is 3.94. The van der Waals surface area contributed by atoms with Gasteiger partial charge in [0.15, 0.2) is 0 Å². The number of halogens is 2. The molecule has 1 aromatic carbocycles. The van der Waals surface area contributed by atoms with Crippen molar-refractivity contribution in [1.82, 2.24) is 4.72 Å². The SMILES string of the molecule is O=S(=O)(NCc1cccs1)c1cc(CO)c(Cl)cc1Cl. The van der Waals surface area contributed by atoms with Crippen LogP contribution in [0.4, 0.5) is 0 Å². The maximum Gasteiger partial charge on any atom is 0.242 e. The molecule has 0 aliphatic rings. The highest BCUT2D eigenvalue weighted by molar-refractivity contribution is 7.89. The minimum atomic E-state index is -3.76. The Morgan fingerprint density at radius 3 is 2.60 bits per heavy atom. The van der Waals surface area contributed by atoms with Crippen LogP contribution in [0.5, 0.6) is 0 Å². The molecule has 1 heterocycles. The quantitative estimate of drug-likeness (QED) is 0.869. The van der Waals surface area contributed by atoms with E-state index in [1.54, 1.807) is 0 Å². The number of sulfonamides is 1. The smallest absolute Gasteiger partial charge is 0.242 e. The predicted octanol–water partition coefficient (Wildman–Crippen LogP) is 3.03. The Kier molecular flexibility index (Phi) is 5.06. The molecule has 0 atom stereocenters. The summed E-state index contributed by atoms with van der Waals surface area (Å²) in [5.41, 5.74) is 0.313. The molecule has 2 rings (SSSR count). The van der Waals surface area contributed by atoms with Crippen LogP contribution >= 0.6 is 34.5 Å². The molecule has 0 saturated heterocycles. The van der Waals surface area contributed by atoms with E-state index in [2.05, 4.69) is 4.72 Å². The number of aliphatic hydroxyl groups excluding tert-OH is 1. The summed E-state index contributed by atoms with van der Waals surface area (Å²) in [6.45, 7) is -0.170. The fourth-order valence-corrected chi connectivity index (χ4v) is 4.15. The Labute approximate surface area is 131 Å². The van der Waals surface area contributed by atoms with Crippen LogP contribution in [0.25, 0.3) is 0 Å². The molecule has 0 bridgehead atoms. The van der Waals surface area contributed by atoms with Gasteiger partial charge in [-0.05, 0) is 29.1 Å². The first-order chi connectivity index (χ1) is 9.44. The molecule has 0 aliphatic carbocycles. The van der Waals surface area contributed by atoms with Gasteiger partial charge in [-0.1, -0.05) is 29.3 Å². The van der Waals surface area contributed by atoms with Crippen LogP contribution < -0.4 is 4.72 Å².